The average Bonchev–Trinajstić information content (AvgIpc) is 2.32. The van der Waals surface area contributed by atoms with Gasteiger partial charge in [0, 0.05) is 15.9 Å². The van der Waals surface area contributed by atoms with Crippen molar-refractivity contribution < 1.29 is 9.50 Å². The standard InChI is InChI=1S/C15H13BrClFO/c1-9-6-12(17)4-5-13(9)15(19)7-10-2-3-11(16)8-14(10)18/h2-6,8,15,19H,7H2,1H3. The van der Waals surface area contributed by atoms with Gasteiger partial charge >= 0.3 is 0 Å². The number of halogens is 3. The maximum Gasteiger partial charge on any atom is 0.127 e. The first-order chi connectivity index (χ1) is 8.97. The summed E-state index contributed by atoms with van der Waals surface area (Å²) in [6.45, 7) is 1.88. The smallest absolute Gasteiger partial charge is 0.127 e. The molecule has 0 radical (unpaired) electrons. The van der Waals surface area contributed by atoms with Crippen LogP contribution >= 0.6 is 27.5 Å². The van der Waals surface area contributed by atoms with Gasteiger partial charge < -0.3 is 5.11 Å². The van der Waals surface area contributed by atoms with Crippen molar-refractivity contribution in [2.75, 3.05) is 0 Å². The van der Waals surface area contributed by atoms with Crippen molar-refractivity contribution in [1.29, 1.82) is 0 Å². The molecule has 1 unspecified atom stereocenters. The number of aliphatic hydroxyl groups is 1. The summed E-state index contributed by atoms with van der Waals surface area (Å²) in [5.41, 5.74) is 2.16. The Morgan fingerprint density at radius 2 is 2.00 bits per heavy atom. The monoisotopic (exact) mass is 342 g/mol. The van der Waals surface area contributed by atoms with Gasteiger partial charge in [0.15, 0.2) is 0 Å². The van der Waals surface area contributed by atoms with E-state index in [0.29, 0.717) is 15.1 Å². The van der Waals surface area contributed by atoms with Gasteiger partial charge in [0.05, 0.1) is 6.10 Å². The lowest BCUT2D eigenvalue weighted by Gasteiger charge is -2.14. The zero-order valence-corrected chi connectivity index (χ0v) is 12.7. The first-order valence-electron chi connectivity index (χ1n) is 5.85. The number of hydrogen-bond acceptors (Lipinski definition) is 1. The summed E-state index contributed by atoms with van der Waals surface area (Å²) in [5.74, 6) is -0.319. The molecule has 2 aromatic rings. The molecule has 0 aliphatic carbocycles. The van der Waals surface area contributed by atoms with Gasteiger partial charge in [-0.05, 0) is 47.9 Å². The molecule has 0 spiro atoms. The molecule has 0 fully saturated rings. The van der Waals surface area contributed by atoms with Crippen LogP contribution in [0.4, 0.5) is 4.39 Å². The van der Waals surface area contributed by atoms with Crippen molar-refractivity contribution in [3.8, 4) is 0 Å². The van der Waals surface area contributed by atoms with E-state index >= 15 is 0 Å². The fourth-order valence-electron chi connectivity index (χ4n) is 2.02. The van der Waals surface area contributed by atoms with Crippen molar-refractivity contribution in [2.24, 2.45) is 0 Å². The Morgan fingerprint density at radius 3 is 2.63 bits per heavy atom. The van der Waals surface area contributed by atoms with E-state index in [1.165, 1.54) is 6.07 Å². The van der Waals surface area contributed by atoms with E-state index in [1.807, 2.05) is 6.92 Å². The average molecular weight is 344 g/mol. The minimum Gasteiger partial charge on any atom is -0.388 e. The maximum atomic E-state index is 13.7. The van der Waals surface area contributed by atoms with Gasteiger partial charge in [-0.1, -0.05) is 39.7 Å². The molecule has 100 valence electrons. The van der Waals surface area contributed by atoms with E-state index < -0.39 is 6.10 Å². The summed E-state index contributed by atoms with van der Waals surface area (Å²) < 4.78 is 14.4. The second-order valence-electron chi connectivity index (χ2n) is 4.46. The van der Waals surface area contributed by atoms with Gasteiger partial charge in [0.25, 0.3) is 0 Å². The number of hydrogen-bond donors (Lipinski definition) is 1. The molecule has 0 saturated carbocycles. The lowest BCUT2D eigenvalue weighted by Crippen LogP contribution is -2.05. The fraction of sp³-hybridized carbons (Fsp3) is 0.200. The second kappa shape index (κ2) is 6.04. The van der Waals surface area contributed by atoms with Crippen LogP contribution in [-0.2, 0) is 6.42 Å². The van der Waals surface area contributed by atoms with Crippen LogP contribution in [-0.4, -0.2) is 5.11 Å². The Hall–Kier alpha value is -0.900. The van der Waals surface area contributed by atoms with Crippen LogP contribution in [0.2, 0.25) is 5.02 Å². The Morgan fingerprint density at radius 1 is 1.26 bits per heavy atom. The zero-order chi connectivity index (χ0) is 14.0. The molecule has 1 atom stereocenters. The Balaban J connectivity index is 2.23. The van der Waals surface area contributed by atoms with Crippen molar-refractivity contribution in [3.05, 3.63) is 68.4 Å². The van der Waals surface area contributed by atoms with Crippen LogP contribution in [0.15, 0.2) is 40.9 Å². The second-order valence-corrected chi connectivity index (χ2v) is 5.81. The summed E-state index contributed by atoms with van der Waals surface area (Å²) in [7, 11) is 0. The maximum absolute atomic E-state index is 13.7. The molecule has 0 aliphatic heterocycles. The molecule has 2 aromatic carbocycles. The normalized spacial score (nSPS) is 12.5. The van der Waals surface area contributed by atoms with E-state index in [-0.39, 0.29) is 12.2 Å². The first kappa shape index (κ1) is 14.5. The highest BCUT2D eigenvalue weighted by molar-refractivity contribution is 9.10. The Bertz CT molecular complexity index is 601. The predicted octanol–water partition coefficient (Wildman–Crippen LogP) is 4.83. The molecule has 0 amide bonds. The van der Waals surface area contributed by atoms with Crippen molar-refractivity contribution in [3.63, 3.8) is 0 Å². The third kappa shape index (κ3) is 3.56. The van der Waals surface area contributed by atoms with E-state index in [4.69, 9.17) is 11.6 Å². The van der Waals surface area contributed by atoms with Gasteiger partial charge in [0.1, 0.15) is 5.82 Å². The summed E-state index contributed by atoms with van der Waals surface area (Å²) in [6.07, 6.45) is -0.505. The third-order valence-corrected chi connectivity index (χ3v) is 3.75. The molecular weight excluding hydrogens is 331 g/mol. The highest BCUT2D eigenvalue weighted by Gasteiger charge is 2.14. The summed E-state index contributed by atoms with van der Waals surface area (Å²) in [4.78, 5) is 0. The number of aliphatic hydroxyl groups excluding tert-OH is 1. The minimum atomic E-state index is -0.743. The van der Waals surface area contributed by atoms with Crippen LogP contribution in [0.25, 0.3) is 0 Å². The van der Waals surface area contributed by atoms with Gasteiger partial charge in [0.2, 0.25) is 0 Å². The third-order valence-electron chi connectivity index (χ3n) is 3.02. The number of aryl methyl sites for hydroxylation is 1. The molecular formula is C15H13BrClFO. The molecule has 2 rings (SSSR count). The van der Waals surface area contributed by atoms with Gasteiger partial charge in [-0.2, -0.15) is 0 Å². The lowest BCUT2D eigenvalue weighted by atomic mass is 9.97. The summed E-state index contributed by atoms with van der Waals surface area (Å²) >= 11 is 9.09. The molecule has 0 saturated heterocycles. The predicted molar refractivity (Wildman–Crippen MR) is 79.0 cm³/mol. The van der Waals surface area contributed by atoms with Crippen LogP contribution < -0.4 is 0 Å². The van der Waals surface area contributed by atoms with Crippen LogP contribution in [0.3, 0.4) is 0 Å². The lowest BCUT2D eigenvalue weighted by molar-refractivity contribution is 0.176. The van der Waals surface area contributed by atoms with Gasteiger partial charge in [-0.25, -0.2) is 4.39 Å². The molecule has 0 bridgehead atoms. The molecule has 0 aromatic heterocycles. The zero-order valence-electron chi connectivity index (χ0n) is 10.3. The first-order valence-corrected chi connectivity index (χ1v) is 7.02. The van der Waals surface area contributed by atoms with E-state index in [0.717, 1.165) is 11.1 Å². The Labute approximate surface area is 125 Å². The summed E-state index contributed by atoms with van der Waals surface area (Å²) in [6, 6.07) is 10.1. The number of rotatable bonds is 3. The Kier molecular flexibility index (Phi) is 4.61. The molecule has 19 heavy (non-hydrogen) atoms. The molecule has 1 N–H and O–H groups in total. The largest absolute Gasteiger partial charge is 0.388 e. The molecule has 0 heterocycles. The van der Waals surface area contributed by atoms with E-state index in [9.17, 15) is 9.50 Å². The highest BCUT2D eigenvalue weighted by atomic mass is 79.9. The van der Waals surface area contributed by atoms with Crippen LogP contribution in [0.1, 0.15) is 22.8 Å². The van der Waals surface area contributed by atoms with Crippen molar-refractivity contribution in [1.82, 2.24) is 0 Å². The SMILES string of the molecule is Cc1cc(Cl)ccc1C(O)Cc1ccc(Br)cc1F. The van der Waals surface area contributed by atoms with Gasteiger partial charge in [-0.15, -0.1) is 0 Å². The van der Waals surface area contributed by atoms with Crippen LogP contribution in [0.5, 0.6) is 0 Å². The molecule has 4 heteroatoms. The quantitative estimate of drug-likeness (QED) is 0.846. The van der Waals surface area contributed by atoms with Gasteiger partial charge in [-0.3, -0.25) is 0 Å². The summed E-state index contributed by atoms with van der Waals surface area (Å²) in [5, 5.41) is 10.8. The van der Waals surface area contributed by atoms with E-state index in [1.54, 1.807) is 30.3 Å². The van der Waals surface area contributed by atoms with Crippen molar-refractivity contribution in [2.45, 2.75) is 19.4 Å². The minimum absolute atomic E-state index is 0.238. The molecule has 1 nitrogen and oxygen atoms in total. The topological polar surface area (TPSA) is 20.2 Å². The fourth-order valence-corrected chi connectivity index (χ4v) is 2.58. The van der Waals surface area contributed by atoms with Crippen LogP contribution in [0, 0.1) is 12.7 Å². The van der Waals surface area contributed by atoms with E-state index in [2.05, 4.69) is 15.9 Å². The molecule has 0 aliphatic rings. The number of benzene rings is 2. The van der Waals surface area contributed by atoms with Crippen molar-refractivity contribution >= 4 is 27.5 Å². The highest BCUT2D eigenvalue weighted by Crippen LogP contribution is 2.26.